The van der Waals surface area contributed by atoms with Gasteiger partial charge in [-0.3, -0.25) is 19.9 Å². The number of hydrogen-bond acceptors (Lipinski definition) is 5. The Morgan fingerprint density at radius 3 is 2.88 bits per heavy atom. The van der Waals surface area contributed by atoms with Gasteiger partial charge in [-0.15, -0.1) is 0 Å². The fourth-order valence-electron chi connectivity index (χ4n) is 4.26. The van der Waals surface area contributed by atoms with Crippen molar-refractivity contribution in [3.05, 3.63) is 84.3 Å². The Kier molecular flexibility index (Phi) is 4.95. The van der Waals surface area contributed by atoms with Gasteiger partial charge in [0, 0.05) is 24.0 Å². The first-order chi connectivity index (χ1) is 16.7. The quantitative estimate of drug-likeness (QED) is 0.377. The van der Waals surface area contributed by atoms with Crippen LogP contribution >= 0.6 is 0 Å². The summed E-state index contributed by atoms with van der Waals surface area (Å²) in [6.45, 7) is 0. The Balaban J connectivity index is 1.23. The maximum atomic E-state index is 12.5. The molecule has 1 unspecified atom stereocenters. The standard InChI is InChI=1S/C26H21N7O/c34-24(10-16-4-2-1-3-5-16)29-19-11-18(13-28-14-19)17-6-7-21-20(12-17)25(33-32-21)26-30-22-8-9-27-15-23(22)31-26/h1-9,12-15,19H,10-11H2,(H,29,34)(H,30,31)(H,32,33). The van der Waals surface area contributed by atoms with Crippen LogP contribution in [0.4, 0.5) is 0 Å². The number of benzene rings is 2. The summed E-state index contributed by atoms with van der Waals surface area (Å²) in [7, 11) is 0. The number of aromatic nitrogens is 5. The molecule has 2 aromatic carbocycles. The van der Waals surface area contributed by atoms with Crippen LogP contribution in [-0.2, 0) is 11.2 Å². The molecule has 8 heteroatoms. The molecule has 0 fully saturated rings. The van der Waals surface area contributed by atoms with Gasteiger partial charge in [-0.2, -0.15) is 5.10 Å². The summed E-state index contributed by atoms with van der Waals surface area (Å²) in [5.41, 5.74) is 6.45. The van der Waals surface area contributed by atoms with Crippen molar-refractivity contribution < 1.29 is 4.79 Å². The number of nitrogens with zero attached hydrogens (tertiary/aromatic N) is 4. The predicted molar refractivity (Wildman–Crippen MR) is 132 cm³/mol. The molecular weight excluding hydrogens is 426 g/mol. The van der Waals surface area contributed by atoms with Crippen LogP contribution in [-0.4, -0.2) is 43.3 Å². The van der Waals surface area contributed by atoms with Crippen LogP contribution in [0.3, 0.4) is 0 Å². The number of carbonyl (C=O) groups excluding carboxylic acids is 1. The van der Waals surface area contributed by atoms with Crippen molar-refractivity contribution >= 4 is 39.6 Å². The maximum Gasteiger partial charge on any atom is 0.224 e. The Labute approximate surface area is 194 Å². The van der Waals surface area contributed by atoms with Gasteiger partial charge >= 0.3 is 0 Å². The third-order valence-electron chi connectivity index (χ3n) is 5.93. The minimum absolute atomic E-state index is 0.0177. The molecule has 1 aliphatic heterocycles. The van der Waals surface area contributed by atoms with Crippen molar-refractivity contribution in [3.63, 3.8) is 0 Å². The first kappa shape index (κ1) is 20.0. The number of imidazole rings is 1. The molecule has 0 radical (unpaired) electrons. The van der Waals surface area contributed by atoms with Gasteiger partial charge in [-0.1, -0.05) is 36.4 Å². The first-order valence-corrected chi connectivity index (χ1v) is 11.1. The van der Waals surface area contributed by atoms with Crippen molar-refractivity contribution in [1.82, 2.24) is 30.5 Å². The summed E-state index contributed by atoms with van der Waals surface area (Å²) in [5.74, 6) is 0.670. The average Bonchev–Trinajstić information content (AvgIpc) is 3.48. The molecule has 0 aliphatic carbocycles. The molecule has 1 aliphatic rings. The summed E-state index contributed by atoms with van der Waals surface area (Å²) < 4.78 is 0. The highest BCUT2D eigenvalue weighted by atomic mass is 16.1. The van der Waals surface area contributed by atoms with Gasteiger partial charge in [0.15, 0.2) is 5.82 Å². The topological polar surface area (TPSA) is 112 Å². The molecule has 8 nitrogen and oxygen atoms in total. The molecule has 6 rings (SSSR count). The lowest BCUT2D eigenvalue weighted by Crippen LogP contribution is -2.37. The Bertz CT molecular complexity index is 1530. The van der Waals surface area contributed by atoms with Crippen LogP contribution in [0, 0.1) is 0 Å². The van der Waals surface area contributed by atoms with E-state index in [9.17, 15) is 4.79 Å². The van der Waals surface area contributed by atoms with E-state index in [1.807, 2.05) is 54.7 Å². The number of nitrogens with one attached hydrogen (secondary N) is 3. The van der Waals surface area contributed by atoms with E-state index in [1.165, 1.54) is 0 Å². The van der Waals surface area contributed by atoms with Crippen LogP contribution in [0.2, 0.25) is 0 Å². The lowest BCUT2D eigenvalue weighted by atomic mass is 9.96. The number of H-pyrrole nitrogens is 2. The van der Waals surface area contributed by atoms with Crippen molar-refractivity contribution in [3.8, 4) is 11.5 Å². The van der Waals surface area contributed by atoms with Crippen LogP contribution < -0.4 is 5.32 Å². The second-order valence-electron chi connectivity index (χ2n) is 8.30. The molecule has 166 valence electrons. The van der Waals surface area contributed by atoms with Gasteiger partial charge in [0.25, 0.3) is 0 Å². The number of hydrogen-bond donors (Lipinski definition) is 3. The Hall–Kier alpha value is -4.59. The van der Waals surface area contributed by atoms with Gasteiger partial charge in [0.1, 0.15) is 5.69 Å². The molecular formula is C26H21N7O. The Morgan fingerprint density at radius 2 is 2.00 bits per heavy atom. The zero-order valence-electron chi connectivity index (χ0n) is 18.2. The fourth-order valence-corrected chi connectivity index (χ4v) is 4.26. The van der Waals surface area contributed by atoms with E-state index in [1.54, 1.807) is 18.6 Å². The van der Waals surface area contributed by atoms with E-state index in [-0.39, 0.29) is 11.9 Å². The van der Waals surface area contributed by atoms with E-state index in [4.69, 9.17) is 0 Å². The number of fused-ring (bicyclic) bond motifs is 2. The summed E-state index contributed by atoms with van der Waals surface area (Å²) in [5, 5.41) is 11.6. The first-order valence-electron chi connectivity index (χ1n) is 11.1. The molecule has 0 saturated carbocycles. The molecule has 34 heavy (non-hydrogen) atoms. The van der Waals surface area contributed by atoms with Crippen LogP contribution in [0.5, 0.6) is 0 Å². The number of carbonyl (C=O) groups is 1. The lowest BCUT2D eigenvalue weighted by molar-refractivity contribution is -0.120. The molecule has 1 amide bonds. The SMILES string of the molecule is O=C(Cc1ccccc1)NC1C=NC=C(c2ccc3[nH]nc(-c4nc5ccncc5[nH]4)c3c2)C1. The third-order valence-corrected chi connectivity index (χ3v) is 5.93. The number of aromatic amines is 2. The largest absolute Gasteiger partial charge is 0.348 e. The fraction of sp³-hybridized carbons (Fsp3) is 0.115. The summed E-state index contributed by atoms with van der Waals surface area (Å²) >= 11 is 0. The van der Waals surface area contributed by atoms with Gasteiger partial charge in [-0.05, 0) is 41.3 Å². The molecule has 0 spiro atoms. The molecule has 3 aromatic heterocycles. The van der Waals surface area contributed by atoms with Crippen LogP contribution in [0.15, 0.2) is 78.2 Å². The van der Waals surface area contributed by atoms with E-state index in [0.717, 1.165) is 44.3 Å². The van der Waals surface area contributed by atoms with Crippen molar-refractivity contribution in [1.29, 1.82) is 0 Å². The van der Waals surface area contributed by atoms with Crippen LogP contribution in [0.1, 0.15) is 17.5 Å². The third kappa shape index (κ3) is 3.86. The number of aliphatic imine (C=N–C) groups is 1. The highest BCUT2D eigenvalue weighted by molar-refractivity contribution is 5.95. The maximum absolute atomic E-state index is 12.5. The molecule has 0 saturated heterocycles. The van der Waals surface area contributed by atoms with Crippen molar-refractivity contribution in [2.45, 2.75) is 18.9 Å². The normalized spacial score (nSPS) is 15.5. The lowest BCUT2D eigenvalue weighted by Gasteiger charge is -2.19. The molecule has 1 atom stereocenters. The van der Waals surface area contributed by atoms with Gasteiger partial charge in [0.2, 0.25) is 5.91 Å². The second kappa shape index (κ2) is 8.40. The highest BCUT2D eigenvalue weighted by Gasteiger charge is 2.19. The van der Waals surface area contributed by atoms with E-state index < -0.39 is 0 Å². The van der Waals surface area contributed by atoms with Crippen molar-refractivity contribution in [2.75, 3.05) is 0 Å². The summed E-state index contributed by atoms with van der Waals surface area (Å²) in [6, 6.07) is 17.6. The van der Waals surface area contributed by atoms with Crippen molar-refractivity contribution in [2.24, 2.45) is 4.99 Å². The average molecular weight is 448 g/mol. The Morgan fingerprint density at radius 1 is 1.09 bits per heavy atom. The predicted octanol–water partition coefficient (Wildman–Crippen LogP) is 4.04. The van der Waals surface area contributed by atoms with E-state index in [0.29, 0.717) is 18.7 Å². The van der Waals surface area contributed by atoms with Crippen LogP contribution in [0.25, 0.3) is 39.0 Å². The van der Waals surface area contributed by atoms with Gasteiger partial charge in [-0.25, -0.2) is 4.98 Å². The monoisotopic (exact) mass is 447 g/mol. The number of pyridine rings is 1. The minimum Gasteiger partial charge on any atom is -0.348 e. The zero-order chi connectivity index (χ0) is 22.9. The molecule has 3 N–H and O–H groups in total. The molecule has 4 heterocycles. The summed E-state index contributed by atoms with van der Waals surface area (Å²) in [4.78, 5) is 29.0. The van der Waals surface area contributed by atoms with E-state index in [2.05, 4.69) is 41.5 Å². The summed E-state index contributed by atoms with van der Waals surface area (Å²) in [6.07, 6.45) is 8.13. The van der Waals surface area contributed by atoms with Gasteiger partial charge < -0.3 is 10.3 Å². The number of rotatable bonds is 5. The molecule has 5 aromatic rings. The molecule has 0 bridgehead atoms. The van der Waals surface area contributed by atoms with E-state index >= 15 is 0 Å². The zero-order valence-corrected chi connectivity index (χ0v) is 18.2. The number of amides is 1. The second-order valence-corrected chi connectivity index (χ2v) is 8.30. The van der Waals surface area contributed by atoms with Gasteiger partial charge in [0.05, 0.1) is 35.2 Å². The minimum atomic E-state index is -0.154. The highest BCUT2D eigenvalue weighted by Crippen LogP contribution is 2.30. The smallest absolute Gasteiger partial charge is 0.224 e.